The summed E-state index contributed by atoms with van der Waals surface area (Å²) in [4.78, 5) is 17.9. The Kier molecular flexibility index (Phi) is 4.08. The van der Waals surface area contributed by atoms with E-state index in [0.29, 0.717) is 18.1 Å². The van der Waals surface area contributed by atoms with Gasteiger partial charge in [-0.05, 0) is 26.0 Å². The minimum Gasteiger partial charge on any atom is -0.389 e. The number of carbonyl (C=O) groups excluding carboxylic acids is 1. The third-order valence-corrected chi connectivity index (χ3v) is 3.89. The zero-order valence-electron chi connectivity index (χ0n) is 13.4. The van der Waals surface area contributed by atoms with Crippen LogP contribution in [0.1, 0.15) is 32.0 Å². The number of rotatable bonds is 4. The number of aromatic nitrogens is 3. The smallest absolute Gasteiger partial charge is 0.227 e. The van der Waals surface area contributed by atoms with E-state index in [0.717, 1.165) is 12.1 Å². The Morgan fingerprint density at radius 1 is 1.33 bits per heavy atom. The van der Waals surface area contributed by atoms with Crippen LogP contribution in [-0.2, 0) is 11.3 Å². The lowest BCUT2D eigenvalue weighted by atomic mass is 10.1. The molecule has 1 fully saturated rings. The topological polar surface area (TPSA) is 71.2 Å². The van der Waals surface area contributed by atoms with Crippen molar-refractivity contribution in [3.8, 4) is 0 Å². The highest BCUT2D eigenvalue weighted by molar-refractivity contribution is 5.96. The Hall–Kier alpha value is -2.35. The zero-order chi connectivity index (χ0) is 17.5. The molecule has 0 radical (unpaired) electrons. The van der Waals surface area contributed by atoms with Crippen LogP contribution >= 0.6 is 0 Å². The summed E-state index contributed by atoms with van der Waals surface area (Å²) in [7, 11) is 0. The van der Waals surface area contributed by atoms with Gasteiger partial charge in [-0.3, -0.25) is 4.79 Å². The molecule has 1 aromatic heterocycles. The fraction of sp³-hybridized carbons (Fsp3) is 0.438. The molecule has 1 amide bonds. The van der Waals surface area contributed by atoms with Crippen LogP contribution in [0.15, 0.2) is 24.5 Å². The van der Waals surface area contributed by atoms with E-state index in [2.05, 4.69) is 10.1 Å². The highest BCUT2D eigenvalue weighted by atomic mass is 19.2. The molecule has 24 heavy (non-hydrogen) atoms. The molecular weight excluding hydrogens is 318 g/mol. The number of carbonyl (C=O) groups is 1. The van der Waals surface area contributed by atoms with Gasteiger partial charge in [-0.2, -0.15) is 5.10 Å². The summed E-state index contributed by atoms with van der Waals surface area (Å²) in [5.41, 5.74) is -0.653. The van der Waals surface area contributed by atoms with Gasteiger partial charge in [-0.25, -0.2) is 18.4 Å². The second-order valence-corrected chi connectivity index (χ2v) is 6.59. The normalized spacial score (nSPS) is 18.5. The van der Waals surface area contributed by atoms with Crippen LogP contribution in [0.5, 0.6) is 0 Å². The van der Waals surface area contributed by atoms with Gasteiger partial charge in [0.05, 0.1) is 12.1 Å². The van der Waals surface area contributed by atoms with E-state index in [9.17, 15) is 18.7 Å². The van der Waals surface area contributed by atoms with Gasteiger partial charge in [-0.15, -0.1) is 0 Å². The summed E-state index contributed by atoms with van der Waals surface area (Å²) in [6.07, 6.45) is 1.58. The number of amides is 1. The van der Waals surface area contributed by atoms with Crippen molar-refractivity contribution in [2.45, 2.75) is 38.3 Å². The molecule has 0 saturated carbocycles. The summed E-state index contributed by atoms with van der Waals surface area (Å²) in [6.45, 7) is 3.87. The van der Waals surface area contributed by atoms with E-state index >= 15 is 0 Å². The summed E-state index contributed by atoms with van der Waals surface area (Å²) in [5, 5.41) is 14.1. The van der Waals surface area contributed by atoms with Crippen LogP contribution < -0.4 is 4.90 Å². The standard InChI is InChI=1S/C16H18F2N4O2/c1-16(2,24)8-22-15(19-9-20-22)10-5-14(23)21(7-10)11-3-4-12(17)13(18)6-11/h3-4,6,9-10,24H,5,7-8H2,1-2H3. The summed E-state index contributed by atoms with van der Waals surface area (Å²) >= 11 is 0. The predicted molar refractivity (Wildman–Crippen MR) is 82.4 cm³/mol. The number of nitrogens with zero attached hydrogens (tertiary/aromatic N) is 4. The number of hydrogen-bond donors (Lipinski definition) is 1. The molecule has 1 saturated heterocycles. The zero-order valence-corrected chi connectivity index (χ0v) is 13.4. The Labute approximate surface area is 137 Å². The maximum atomic E-state index is 13.4. The Balaban J connectivity index is 1.83. The molecular formula is C16H18F2N4O2. The molecule has 0 spiro atoms. The highest BCUT2D eigenvalue weighted by Gasteiger charge is 2.35. The van der Waals surface area contributed by atoms with Crippen molar-refractivity contribution < 1.29 is 18.7 Å². The Morgan fingerprint density at radius 2 is 2.08 bits per heavy atom. The van der Waals surface area contributed by atoms with Crippen molar-refractivity contribution in [2.75, 3.05) is 11.4 Å². The molecule has 1 unspecified atom stereocenters. The summed E-state index contributed by atoms with van der Waals surface area (Å²) in [6, 6.07) is 3.39. The van der Waals surface area contributed by atoms with Crippen LogP contribution in [0.25, 0.3) is 0 Å². The number of hydrogen-bond acceptors (Lipinski definition) is 4. The molecule has 3 rings (SSSR count). The van der Waals surface area contributed by atoms with E-state index in [4.69, 9.17) is 0 Å². The number of anilines is 1. The third-order valence-electron chi connectivity index (χ3n) is 3.89. The maximum Gasteiger partial charge on any atom is 0.227 e. The lowest BCUT2D eigenvalue weighted by molar-refractivity contribution is -0.117. The molecule has 6 nitrogen and oxygen atoms in total. The third kappa shape index (κ3) is 3.28. The molecule has 1 N–H and O–H groups in total. The molecule has 2 heterocycles. The monoisotopic (exact) mass is 336 g/mol. The number of benzene rings is 1. The van der Waals surface area contributed by atoms with E-state index in [-0.39, 0.29) is 24.8 Å². The van der Waals surface area contributed by atoms with Crippen molar-refractivity contribution in [3.63, 3.8) is 0 Å². The Morgan fingerprint density at radius 3 is 2.75 bits per heavy atom. The van der Waals surface area contributed by atoms with Crippen LogP contribution in [0.3, 0.4) is 0 Å². The number of halogens is 2. The molecule has 0 aliphatic carbocycles. The van der Waals surface area contributed by atoms with E-state index in [1.165, 1.54) is 17.3 Å². The molecule has 1 atom stereocenters. The first-order valence-corrected chi connectivity index (χ1v) is 7.60. The average Bonchev–Trinajstić information content (AvgIpc) is 3.06. The summed E-state index contributed by atoms with van der Waals surface area (Å²) in [5.74, 6) is -1.77. The summed E-state index contributed by atoms with van der Waals surface area (Å²) < 4.78 is 28.1. The fourth-order valence-corrected chi connectivity index (χ4v) is 2.86. The van der Waals surface area contributed by atoms with E-state index in [1.807, 2.05) is 0 Å². The van der Waals surface area contributed by atoms with Gasteiger partial charge in [-0.1, -0.05) is 0 Å². The van der Waals surface area contributed by atoms with Gasteiger partial charge in [0.2, 0.25) is 5.91 Å². The molecule has 8 heteroatoms. The van der Waals surface area contributed by atoms with E-state index < -0.39 is 17.2 Å². The molecule has 2 aromatic rings. The maximum absolute atomic E-state index is 13.4. The lowest BCUT2D eigenvalue weighted by Crippen LogP contribution is -2.29. The van der Waals surface area contributed by atoms with Gasteiger partial charge in [0.15, 0.2) is 11.6 Å². The van der Waals surface area contributed by atoms with Gasteiger partial charge in [0.1, 0.15) is 12.2 Å². The first-order chi connectivity index (χ1) is 11.2. The van der Waals surface area contributed by atoms with Crippen molar-refractivity contribution >= 4 is 11.6 Å². The SMILES string of the molecule is CC(C)(O)Cn1ncnc1C1CC(=O)N(c2ccc(F)c(F)c2)C1. The predicted octanol–water partition coefficient (Wildman–Crippen LogP) is 1.85. The van der Waals surface area contributed by atoms with Crippen molar-refractivity contribution in [2.24, 2.45) is 0 Å². The molecule has 1 aliphatic heterocycles. The van der Waals surface area contributed by atoms with Crippen molar-refractivity contribution in [1.82, 2.24) is 14.8 Å². The van der Waals surface area contributed by atoms with Crippen LogP contribution in [0, 0.1) is 11.6 Å². The quantitative estimate of drug-likeness (QED) is 0.925. The van der Waals surface area contributed by atoms with Gasteiger partial charge < -0.3 is 10.0 Å². The van der Waals surface area contributed by atoms with Gasteiger partial charge in [0, 0.05) is 30.6 Å². The lowest BCUT2D eigenvalue weighted by Gasteiger charge is -2.20. The minimum atomic E-state index is -0.992. The largest absolute Gasteiger partial charge is 0.389 e. The molecule has 128 valence electrons. The minimum absolute atomic E-state index is 0.191. The first kappa shape index (κ1) is 16.5. The fourth-order valence-electron chi connectivity index (χ4n) is 2.86. The van der Waals surface area contributed by atoms with Crippen molar-refractivity contribution in [1.29, 1.82) is 0 Å². The Bertz CT molecular complexity index is 770. The first-order valence-electron chi connectivity index (χ1n) is 7.60. The average molecular weight is 336 g/mol. The molecule has 0 bridgehead atoms. The van der Waals surface area contributed by atoms with Gasteiger partial charge >= 0.3 is 0 Å². The second-order valence-electron chi connectivity index (χ2n) is 6.59. The molecule has 1 aliphatic rings. The molecule has 1 aromatic carbocycles. The highest BCUT2D eigenvalue weighted by Crippen LogP contribution is 2.31. The number of aliphatic hydroxyl groups is 1. The van der Waals surface area contributed by atoms with Crippen molar-refractivity contribution in [3.05, 3.63) is 42.0 Å². The van der Waals surface area contributed by atoms with Crippen LogP contribution in [0.2, 0.25) is 0 Å². The van der Waals surface area contributed by atoms with E-state index in [1.54, 1.807) is 18.5 Å². The van der Waals surface area contributed by atoms with Gasteiger partial charge in [0.25, 0.3) is 0 Å². The van der Waals surface area contributed by atoms with Crippen LogP contribution in [0.4, 0.5) is 14.5 Å². The van der Waals surface area contributed by atoms with Crippen LogP contribution in [-0.4, -0.2) is 37.9 Å². The second kappa shape index (κ2) is 5.94.